The third-order valence-corrected chi connectivity index (χ3v) is 13.4. The monoisotopic (exact) mass is 884 g/mol. The molecule has 0 amide bonds. The van der Waals surface area contributed by atoms with Gasteiger partial charge in [-0.3, -0.25) is 24.0 Å². The van der Waals surface area contributed by atoms with E-state index in [2.05, 4.69) is 31.4 Å². The van der Waals surface area contributed by atoms with E-state index in [1.807, 2.05) is 15.7 Å². The predicted octanol–water partition coefficient (Wildman–Crippen LogP) is 10.9. The van der Waals surface area contributed by atoms with E-state index in [-0.39, 0.29) is 38.0 Å². The standard InChI is InChI=1S/C47H85N3O8S2/c1-5-8-11-14-17-18-21-24-37-59-60-38-36-58-42(52)29-33-50(31-25-30-49-45-44(48-4)46(54)47(45)55)32-28-41(51)56-34-35-57-43(53)39-40(26-22-19-15-12-9-6-2)27-23-20-16-13-10-7-3/h40,48-49H,5-39H2,1-4H3. The van der Waals surface area contributed by atoms with E-state index in [1.54, 1.807) is 17.8 Å². The molecular formula is C47H85N3O8S2. The molecule has 0 saturated carbocycles. The van der Waals surface area contributed by atoms with Gasteiger partial charge in [0.05, 0.1) is 12.8 Å². The van der Waals surface area contributed by atoms with Crippen LogP contribution in [0.25, 0.3) is 0 Å². The van der Waals surface area contributed by atoms with E-state index in [0.29, 0.717) is 62.9 Å². The molecule has 0 aliphatic heterocycles. The minimum atomic E-state index is -0.529. The van der Waals surface area contributed by atoms with Gasteiger partial charge < -0.3 is 29.7 Å². The lowest BCUT2D eigenvalue weighted by Gasteiger charge is -2.22. The largest absolute Gasteiger partial charge is 0.465 e. The quantitative estimate of drug-likeness (QED) is 0.0211. The fourth-order valence-corrected chi connectivity index (χ4v) is 9.25. The van der Waals surface area contributed by atoms with Crippen molar-refractivity contribution in [3.8, 4) is 0 Å². The van der Waals surface area contributed by atoms with E-state index in [4.69, 9.17) is 14.2 Å². The molecule has 2 N–H and O–H groups in total. The predicted molar refractivity (Wildman–Crippen MR) is 254 cm³/mol. The Hall–Kier alpha value is -2.25. The van der Waals surface area contributed by atoms with E-state index in [0.717, 1.165) is 37.2 Å². The van der Waals surface area contributed by atoms with Crippen molar-refractivity contribution in [1.82, 2.24) is 4.90 Å². The maximum Gasteiger partial charge on any atom is 0.307 e. The lowest BCUT2D eigenvalue weighted by molar-refractivity contribution is -0.153. The summed E-state index contributed by atoms with van der Waals surface area (Å²) < 4.78 is 16.4. The van der Waals surface area contributed by atoms with E-state index in [1.165, 1.54) is 116 Å². The van der Waals surface area contributed by atoms with Crippen LogP contribution in [0.3, 0.4) is 0 Å². The zero-order valence-electron chi connectivity index (χ0n) is 38.4. The van der Waals surface area contributed by atoms with Crippen molar-refractivity contribution in [1.29, 1.82) is 0 Å². The first-order valence-corrected chi connectivity index (χ1v) is 26.4. The van der Waals surface area contributed by atoms with Crippen LogP contribution in [0.1, 0.15) is 188 Å². The van der Waals surface area contributed by atoms with Crippen LogP contribution in [0.4, 0.5) is 11.4 Å². The van der Waals surface area contributed by atoms with Crippen LogP contribution < -0.4 is 21.5 Å². The summed E-state index contributed by atoms with van der Waals surface area (Å²) in [5, 5.41) is 5.80. The van der Waals surface area contributed by atoms with Gasteiger partial charge in [0.1, 0.15) is 31.2 Å². The maximum atomic E-state index is 12.8. The minimum absolute atomic E-state index is 0.00538. The second-order valence-electron chi connectivity index (χ2n) is 16.2. The zero-order valence-corrected chi connectivity index (χ0v) is 40.0. The Morgan fingerprint density at radius 1 is 0.533 bits per heavy atom. The van der Waals surface area contributed by atoms with Crippen molar-refractivity contribution >= 4 is 50.9 Å². The summed E-state index contributed by atoms with van der Waals surface area (Å²) in [7, 11) is 5.19. The smallest absolute Gasteiger partial charge is 0.307 e. The second kappa shape index (κ2) is 39.6. The SMILES string of the molecule is CCCCCCCCCCSSCCOC(=O)CCN(CCCNc1c(NC)c(=O)c1=O)CCC(=O)OCCOC(=O)CC(CCCCCCCC)CCCCCCCC. The van der Waals surface area contributed by atoms with Gasteiger partial charge in [-0.25, -0.2) is 0 Å². The zero-order chi connectivity index (χ0) is 43.9. The van der Waals surface area contributed by atoms with Crippen molar-refractivity contribution in [2.75, 3.05) is 75.2 Å². The van der Waals surface area contributed by atoms with Gasteiger partial charge >= 0.3 is 17.9 Å². The van der Waals surface area contributed by atoms with Gasteiger partial charge in [-0.1, -0.05) is 164 Å². The number of nitrogens with zero attached hydrogens (tertiary/aromatic N) is 1. The molecule has 0 spiro atoms. The van der Waals surface area contributed by atoms with Crippen molar-refractivity contribution in [3.05, 3.63) is 20.4 Å². The molecular weight excluding hydrogens is 799 g/mol. The van der Waals surface area contributed by atoms with Crippen LogP contribution in [0, 0.1) is 5.92 Å². The molecule has 348 valence electrons. The lowest BCUT2D eigenvalue weighted by Crippen LogP contribution is -2.37. The Morgan fingerprint density at radius 3 is 1.52 bits per heavy atom. The number of unbranched alkanes of at least 4 members (excludes halogenated alkanes) is 17. The first-order valence-electron chi connectivity index (χ1n) is 24.0. The summed E-state index contributed by atoms with van der Waals surface area (Å²) in [6.45, 7) is 8.89. The van der Waals surface area contributed by atoms with Gasteiger partial charge in [-0.05, 0) is 38.1 Å². The van der Waals surface area contributed by atoms with Crippen LogP contribution in [-0.4, -0.2) is 87.4 Å². The Morgan fingerprint density at radius 2 is 0.983 bits per heavy atom. The highest BCUT2D eigenvalue weighted by molar-refractivity contribution is 8.76. The average molecular weight is 884 g/mol. The third kappa shape index (κ3) is 29.9. The van der Waals surface area contributed by atoms with Crippen LogP contribution in [0.2, 0.25) is 0 Å². The van der Waals surface area contributed by atoms with Gasteiger partial charge in [-0.15, -0.1) is 0 Å². The molecule has 60 heavy (non-hydrogen) atoms. The second-order valence-corrected chi connectivity index (χ2v) is 18.9. The molecule has 0 atom stereocenters. The Labute approximate surface area is 372 Å². The van der Waals surface area contributed by atoms with Crippen LogP contribution in [0.5, 0.6) is 0 Å². The number of ether oxygens (including phenoxy) is 3. The molecule has 1 rings (SSSR count). The molecule has 11 nitrogen and oxygen atoms in total. The molecule has 0 aliphatic carbocycles. The maximum absolute atomic E-state index is 12.8. The molecule has 0 unspecified atom stereocenters. The average Bonchev–Trinajstić information content (AvgIpc) is 3.24. The number of hydrogen-bond acceptors (Lipinski definition) is 13. The summed E-state index contributed by atoms with van der Waals surface area (Å²) in [6, 6.07) is 0. The summed E-state index contributed by atoms with van der Waals surface area (Å²) in [5.41, 5.74) is -0.468. The van der Waals surface area contributed by atoms with Gasteiger partial charge in [0, 0.05) is 44.6 Å². The molecule has 0 fully saturated rings. The topological polar surface area (TPSA) is 140 Å². The number of rotatable bonds is 44. The van der Waals surface area contributed by atoms with Crippen LogP contribution in [-0.2, 0) is 28.6 Å². The van der Waals surface area contributed by atoms with Crippen molar-refractivity contribution in [2.24, 2.45) is 5.92 Å². The Kier molecular flexibility index (Phi) is 36.8. The van der Waals surface area contributed by atoms with Gasteiger partial charge in [0.2, 0.25) is 0 Å². The summed E-state index contributed by atoms with van der Waals surface area (Å²) in [5.74, 6) is 1.30. The highest BCUT2D eigenvalue weighted by atomic mass is 33.1. The number of esters is 3. The van der Waals surface area contributed by atoms with Gasteiger partial charge in [0.15, 0.2) is 0 Å². The van der Waals surface area contributed by atoms with Gasteiger partial charge in [0.25, 0.3) is 10.9 Å². The molecule has 0 aromatic heterocycles. The highest BCUT2D eigenvalue weighted by Gasteiger charge is 2.20. The Balaban J connectivity index is 2.45. The fourth-order valence-electron chi connectivity index (χ4n) is 7.28. The lowest BCUT2D eigenvalue weighted by atomic mass is 9.91. The summed E-state index contributed by atoms with van der Waals surface area (Å²) in [4.78, 5) is 63.7. The molecule has 0 bridgehead atoms. The number of carbonyl (C=O) groups excluding carboxylic acids is 3. The number of carbonyl (C=O) groups is 3. The normalized spacial score (nSPS) is 11.4. The van der Waals surface area contributed by atoms with E-state index >= 15 is 0 Å². The number of anilines is 2. The van der Waals surface area contributed by atoms with Crippen molar-refractivity contribution < 1.29 is 28.6 Å². The van der Waals surface area contributed by atoms with Crippen molar-refractivity contribution in [2.45, 2.75) is 188 Å². The molecule has 0 heterocycles. The number of nitrogens with one attached hydrogen (secondary N) is 2. The minimum Gasteiger partial charge on any atom is -0.465 e. The summed E-state index contributed by atoms with van der Waals surface area (Å²) in [6.07, 6.45) is 28.8. The first kappa shape index (κ1) is 55.8. The van der Waals surface area contributed by atoms with Crippen LogP contribution >= 0.6 is 21.6 Å². The molecule has 0 radical (unpaired) electrons. The highest BCUT2D eigenvalue weighted by Crippen LogP contribution is 2.24. The van der Waals surface area contributed by atoms with Crippen LogP contribution in [0.15, 0.2) is 9.59 Å². The van der Waals surface area contributed by atoms with Crippen molar-refractivity contribution in [3.63, 3.8) is 0 Å². The molecule has 0 aliphatic rings. The summed E-state index contributed by atoms with van der Waals surface area (Å²) >= 11 is 0. The van der Waals surface area contributed by atoms with Gasteiger partial charge in [-0.2, -0.15) is 0 Å². The first-order chi connectivity index (χ1) is 29.3. The number of hydrogen-bond donors (Lipinski definition) is 2. The fraction of sp³-hybridized carbons (Fsp3) is 0.851. The molecule has 13 heteroatoms. The third-order valence-electron chi connectivity index (χ3n) is 11.0. The van der Waals surface area contributed by atoms with E-state index in [9.17, 15) is 24.0 Å². The Bertz CT molecular complexity index is 1280. The molecule has 1 aromatic carbocycles. The molecule has 1 aromatic rings. The van der Waals surface area contributed by atoms with E-state index < -0.39 is 16.8 Å². The molecule has 0 saturated heterocycles.